The number of rotatable bonds is 4. The van der Waals surface area contributed by atoms with E-state index in [2.05, 4.69) is 28.1 Å². The molecule has 0 aromatic heterocycles. The van der Waals surface area contributed by atoms with E-state index in [0.717, 1.165) is 30.4 Å². The van der Waals surface area contributed by atoms with Crippen LogP contribution >= 0.6 is 28.3 Å². The maximum absolute atomic E-state index is 12.0. The van der Waals surface area contributed by atoms with Crippen LogP contribution in [0, 0.1) is 5.92 Å². The van der Waals surface area contributed by atoms with Gasteiger partial charge in [-0.25, -0.2) is 0 Å². The normalized spacial score (nSPS) is 18.2. The second kappa shape index (κ2) is 7.88. The lowest BCUT2D eigenvalue weighted by molar-refractivity contribution is -0.130. The molecule has 1 atom stereocenters. The second-order valence-corrected chi connectivity index (χ2v) is 5.77. The van der Waals surface area contributed by atoms with Crippen molar-refractivity contribution >= 4 is 34.2 Å². The summed E-state index contributed by atoms with van der Waals surface area (Å²) >= 11 is 3.41. The van der Waals surface area contributed by atoms with E-state index >= 15 is 0 Å². The minimum absolute atomic E-state index is 0. The Morgan fingerprint density at radius 3 is 2.63 bits per heavy atom. The standard InChI is InChI=1S/C14H19BrN2O.ClH/c15-13-4-1-11(2-5-13)3-6-14(18)17-8-7-12(9-16)10-17;/h1-2,4-5,12H,3,6-10,16H2;1H. The monoisotopic (exact) mass is 346 g/mol. The van der Waals surface area contributed by atoms with Crippen LogP contribution in [0.15, 0.2) is 28.7 Å². The third-order valence-corrected chi connectivity index (χ3v) is 4.04. The topological polar surface area (TPSA) is 46.3 Å². The molecule has 3 nitrogen and oxygen atoms in total. The van der Waals surface area contributed by atoms with Gasteiger partial charge in [-0.3, -0.25) is 4.79 Å². The van der Waals surface area contributed by atoms with E-state index in [9.17, 15) is 4.79 Å². The lowest BCUT2D eigenvalue weighted by atomic mass is 10.1. The molecule has 19 heavy (non-hydrogen) atoms. The Hall–Kier alpha value is -0.580. The van der Waals surface area contributed by atoms with Crippen LogP contribution in [0.25, 0.3) is 0 Å². The van der Waals surface area contributed by atoms with E-state index in [1.807, 2.05) is 17.0 Å². The Labute approximate surface area is 129 Å². The number of hydrogen-bond donors (Lipinski definition) is 1. The van der Waals surface area contributed by atoms with Gasteiger partial charge in [-0.1, -0.05) is 28.1 Å². The maximum Gasteiger partial charge on any atom is 0.222 e. The molecule has 0 spiro atoms. The Kier molecular flexibility index (Phi) is 6.83. The molecule has 0 aliphatic carbocycles. The van der Waals surface area contributed by atoms with Gasteiger partial charge in [0, 0.05) is 24.0 Å². The number of carbonyl (C=O) groups is 1. The zero-order chi connectivity index (χ0) is 13.0. The third kappa shape index (κ3) is 4.79. The molecule has 1 aromatic rings. The predicted octanol–water partition coefficient (Wildman–Crippen LogP) is 2.61. The molecule has 2 rings (SSSR count). The van der Waals surface area contributed by atoms with Crippen LogP contribution in [0.5, 0.6) is 0 Å². The molecule has 1 heterocycles. The molecule has 1 aliphatic rings. The van der Waals surface area contributed by atoms with E-state index in [1.165, 1.54) is 5.56 Å². The summed E-state index contributed by atoms with van der Waals surface area (Å²) in [6.45, 7) is 2.41. The quantitative estimate of drug-likeness (QED) is 0.910. The Balaban J connectivity index is 0.00000180. The first-order valence-corrected chi connectivity index (χ1v) is 7.20. The lowest BCUT2D eigenvalue weighted by Crippen LogP contribution is -2.29. The SMILES string of the molecule is Cl.NCC1CCN(C(=O)CCc2ccc(Br)cc2)C1. The molecule has 2 N–H and O–H groups in total. The van der Waals surface area contributed by atoms with Gasteiger partial charge in [-0.05, 0) is 43.0 Å². The highest BCUT2D eigenvalue weighted by molar-refractivity contribution is 9.10. The minimum atomic E-state index is 0. The fourth-order valence-electron chi connectivity index (χ4n) is 2.31. The highest BCUT2D eigenvalue weighted by atomic mass is 79.9. The van der Waals surface area contributed by atoms with Crippen LogP contribution < -0.4 is 5.73 Å². The highest BCUT2D eigenvalue weighted by Crippen LogP contribution is 2.17. The van der Waals surface area contributed by atoms with Gasteiger partial charge in [0.25, 0.3) is 0 Å². The molecular weight excluding hydrogens is 328 g/mol. The van der Waals surface area contributed by atoms with Gasteiger partial charge in [0.2, 0.25) is 5.91 Å². The fourth-order valence-corrected chi connectivity index (χ4v) is 2.58. The van der Waals surface area contributed by atoms with Crippen LogP contribution in [0.3, 0.4) is 0 Å². The molecule has 106 valence electrons. The van der Waals surface area contributed by atoms with Gasteiger partial charge in [0.1, 0.15) is 0 Å². The van der Waals surface area contributed by atoms with E-state index in [1.54, 1.807) is 0 Å². The van der Waals surface area contributed by atoms with Crippen molar-refractivity contribution in [3.8, 4) is 0 Å². The Morgan fingerprint density at radius 1 is 1.37 bits per heavy atom. The molecule has 1 saturated heterocycles. The van der Waals surface area contributed by atoms with Crippen molar-refractivity contribution in [2.24, 2.45) is 11.7 Å². The van der Waals surface area contributed by atoms with Gasteiger partial charge in [-0.2, -0.15) is 0 Å². The molecule has 1 aliphatic heterocycles. The first-order valence-electron chi connectivity index (χ1n) is 6.41. The number of amides is 1. The number of benzene rings is 1. The summed E-state index contributed by atoms with van der Waals surface area (Å²) in [5.41, 5.74) is 6.84. The van der Waals surface area contributed by atoms with Crippen molar-refractivity contribution in [2.75, 3.05) is 19.6 Å². The lowest BCUT2D eigenvalue weighted by Gasteiger charge is -2.16. The van der Waals surface area contributed by atoms with Crippen molar-refractivity contribution in [2.45, 2.75) is 19.3 Å². The van der Waals surface area contributed by atoms with Crippen LogP contribution in [0.4, 0.5) is 0 Å². The second-order valence-electron chi connectivity index (χ2n) is 4.86. The van der Waals surface area contributed by atoms with Crippen LogP contribution in [-0.4, -0.2) is 30.4 Å². The van der Waals surface area contributed by atoms with Crippen LogP contribution in [0.1, 0.15) is 18.4 Å². The summed E-state index contributed by atoms with van der Waals surface area (Å²) in [4.78, 5) is 14.0. The van der Waals surface area contributed by atoms with E-state index in [4.69, 9.17) is 5.73 Å². The zero-order valence-corrected chi connectivity index (χ0v) is 13.3. The summed E-state index contributed by atoms with van der Waals surface area (Å²) in [6, 6.07) is 8.15. The number of carbonyl (C=O) groups excluding carboxylic acids is 1. The van der Waals surface area contributed by atoms with Gasteiger partial charge >= 0.3 is 0 Å². The van der Waals surface area contributed by atoms with E-state index in [-0.39, 0.29) is 18.3 Å². The smallest absolute Gasteiger partial charge is 0.222 e. The highest BCUT2D eigenvalue weighted by Gasteiger charge is 2.24. The number of aryl methyl sites for hydroxylation is 1. The molecule has 0 saturated carbocycles. The van der Waals surface area contributed by atoms with E-state index < -0.39 is 0 Å². The number of nitrogens with two attached hydrogens (primary N) is 1. The van der Waals surface area contributed by atoms with Gasteiger partial charge in [-0.15, -0.1) is 12.4 Å². The number of hydrogen-bond acceptors (Lipinski definition) is 2. The van der Waals surface area contributed by atoms with Crippen LogP contribution in [-0.2, 0) is 11.2 Å². The minimum Gasteiger partial charge on any atom is -0.342 e. The molecule has 5 heteroatoms. The van der Waals surface area contributed by atoms with Gasteiger partial charge in [0.05, 0.1) is 0 Å². The largest absolute Gasteiger partial charge is 0.342 e. The number of likely N-dealkylation sites (tertiary alicyclic amines) is 1. The third-order valence-electron chi connectivity index (χ3n) is 3.51. The van der Waals surface area contributed by atoms with Gasteiger partial charge < -0.3 is 10.6 Å². The Morgan fingerprint density at radius 2 is 2.05 bits per heavy atom. The van der Waals surface area contributed by atoms with Crippen molar-refractivity contribution in [3.63, 3.8) is 0 Å². The first kappa shape index (κ1) is 16.5. The average molecular weight is 348 g/mol. The predicted molar refractivity (Wildman–Crippen MR) is 83.5 cm³/mol. The molecule has 1 aromatic carbocycles. The van der Waals surface area contributed by atoms with E-state index in [0.29, 0.717) is 18.9 Å². The number of halogens is 2. The van der Waals surface area contributed by atoms with Crippen molar-refractivity contribution in [1.82, 2.24) is 4.90 Å². The summed E-state index contributed by atoms with van der Waals surface area (Å²) < 4.78 is 1.07. The molecule has 1 amide bonds. The van der Waals surface area contributed by atoms with Crippen molar-refractivity contribution in [1.29, 1.82) is 0 Å². The zero-order valence-electron chi connectivity index (χ0n) is 10.8. The summed E-state index contributed by atoms with van der Waals surface area (Å²) in [5.74, 6) is 0.760. The van der Waals surface area contributed by atoms with Gasteiger partial charge in [0.15, 0.2) is 0 Å². The molecular formula is C14H20BrClN2O. The van der Waals surface area contributed by atoms with Crippen molar-refractivity contribution < 1.29 is 4.79 Å². The van der Waals surface area contributed by atoms with Crippen molar-refractivity contribution in [3.05, 3.63) is 34.3 Å². The summed E-state index contributed by atoms with van der Waals surface area (Å²) in [6.07, 6.45) is 2.47. The molecule has 1 unspecified atom stereocenters. The first-order chi connectivity index (χ1) is 8.69. The summed E-state index contributed by atoms with van der Waals surface area (Å²) in [7, 11) is 0. The Bertz CT molecular complexity index is 410. The molecule has 1 fully saturated rings. The fraction of sp³-hybridized carbons (Fsp3) is 0.500. The molecule has 0 radical (unpaired) electrons. The maximum atomic E-state index is 12.0. The molecule has 0 bridgehead atoms. The average Bonchev–Trinajstić information content (AvgIpc) is 2.86. The summed E-state index contributed by atoms with van der Waals surface area (Å²) in [5, 5.41) is 0. The van der Waals surface area contributed by atoms with Crippen LogP contribution in [0.2, 0.25) is 0 Å². The number of nitrogens with zero attached hydrogens (tertiary/aromatic N) is 1.